The Morgan fingerprint density at radius 1 is 1.31 bits per heavy atom. The molecule has 1 fully saturated rings. The normalized spacial score (nSPS) is 24.6. The van der Waals surface area contributed by atoms with Crippen LogP contribution in [0.3, 0.4) is 0 Å². The van der Waals surface area contributed by atoms with Crippen molar-refractivity contribution in [2.24, 2.45) is 0 Å². The number of hydrogen-bond acceptors (Lipinski definition) is 4. The van der Waals surface area contributed by atoms with Crippen LogP contribution in [0.1, 0.15) is 0 Å². The standard InChI is InChI=1S/C9H15ClN2O4/c1-15-6-4-12(5-7(6)16-2)9(14)11-8(13)3-10/h6-7H,3-5H2,1-2H3,(H,11,13,14). The van der Waals surface area contributed by atoms with E-state index >= 15 is 0 Å². The molecule has 0 bridgehead atoms. The number of likely N-dealkylation sites (tertiary alicyclic amines) is 1. The van der Waals surface area contributed by atoms with Crippen LogP contribution < -0.4 is 5.32 Å². The molecule has 0 spiro atoms. The second kappa shape index (κ2) is 6.03. The van der Waals surface area contributed by atoms with Gasteiger partial charge in [-0.05, 0) is 0 Å². The topological polar surface area (TPSA) is 67.9 Å². The zero-order valence-electron chi connectivity index (χ0n) is 9.23. The first kappa shape index (κ1) is 13.2. The van der Waals surface area contributed by atoms with Crippen molar-refractivity contribution < 1.29 is 19.1 Å². The minimum atomic E-state index is -0.512. The number of imide groups is 1. The van der Waals surface area contributed by atoms with Gasteiger partial charge in [-0.2, -0.15) is 0 Å². The molecule has 0 aromatic carbocycles. The highest BCUT2D eigenvalue weighted by molar-refractivity contribution is 6.28. The lowest BCUT2D eigenvalue weighted by Gasteiger charge is -2.15. The molecule has 0 aromatic rings. The molecule has 0 aromatic heterocycles. The number of methoxy groups -OCH3 is 2. The number of alkyl halides is 1. The van der Waals surface area contributed by atoms with E-state index in [9.17, 15) is 9.59 Å². The summed E-state index contributed by atoms with van der Waals surface area (Å²) in [6.45, 7) is 0.798. The van der Waals surface area contributed by atoms with E-state index < -0.39 is 11.9 Å². The number of nitrogens with one attached hydrogen (secondary N) is 1. The second-order valence-corrected chi connectivity index (χ2v) is 3.71. The molecule has 7 heteroatoms. The van der Waals surface area contributed by atoms with E-state index in [1.165, 1.54) is 4.90 Å². The van der Waals surface area contributed by atoms with Crippen molar-refractivity contribution in [3.8, 4) is 0 Å². The number of nitrogens with zero attached hydrogens (tertiary/aromatic N) is 1. The lowest BCUT2D eigenvalue weighted by Crippen LogP contribution is -2.42. The molecule has 1 aliphatic heterocycles. The molecule has 3 amide bonds. The summed E-state index contributed by atoms with van der Waals surface area (Å²) in [5.74, 6) is -0.748. The van der Waals surface area contributed by atoms with Crippen molar-refractivity contribution >= 4 is 23.5 Å². The van der Waals surface area contributed by atoms with Gasteiger partial charge in [-0.1, -0.05) is 0 Å². The minimum absolute atomic E-state index is 0.165. The second-order valence-electron chi connectivity index (χ2n) is 3.44. The summed E-state index contributed by atoms with van der Waals surface area (Å²) in [5.41, 5.74) is 0. The van der Waals surface area contributed by atoms with Crippen LogP contribution >= 0.6 is 11.6 Å². The maximum atomic E-state index is 11.6. The number of hydrogen-bond donors (Lipinski definition) is 1. The van der Waals surface area contributed by atoms with Gasteiger partial charge in [-0.3, -0.25) is 10.1 Å². The van der Waals surface area contributed by atoms with Gasteiger partial charge in [0.1, 0.15) is 18.1 Å². The summed E-state index contributed by atoms with van der Waals surface area (Å²) >= 11 is 5.28. The average Bonchev–Trinajstić information content (AvgIpc) is 2.71. The van der Waals surface area contributed by atoms with Crippen molar-refractivity contribution in [1.82, 2.24) is 10.2 Å². The number of amides is 3. The first-order valence-corrected chi connectivity index (χ1v) is 5.36. The highest BCUT2D eigenvalue weighted by Gasteiger charge is 2.35. The van der Waals surface area contributed by atoms with E-state index in [-0.39, 0.29) is 18.1 Å². The predicted octanol–water partition coefficient (Wildman–Crippen LogP) is -0.193. The fourth-order valence-electron chi connectivity index (χ4n) is 1.59. The van der Waals surface area contributed by atoms with Gasteiger partial charge >= 0.3 is 6.03 Å². The smallest absolute Gasteiger partial charge is 0.324 e. The number of rotatable bonds is 3. The van der Waals surface area contributed by atoms with E-state index in [1.54, 1.807) is 14.2 Å². The van der Waals surface area contributed by atoms with E-state index in [0.29, 0.717) is 13.1 Å². The molecule has 0 saturated carbocycles. The monoisotopic (exact) mass is 250 g/mol. The van der Waals surface area contributed by atoms with Crippen LogP contribution in [0.5, 0.6) is 0 Å². The highest BCUT2D eigenvalue weighted by atomic mass is 35.5. The number of halogens is 1. The van der Waals surface area contributed by atoms with E-state index in [2.05, 4.69) is 5.32 Å². The summed E-state index contributed by atoms with van der Waals surface area (Å²) in [6, 6.07) is -0.466. The molecule has 1 N–H and O–H groups in total. The molecule has 16 heavy (non-hydrogen) atoms. The van der Waals surface area contributed by atoms with Crippen molar-refractivity contribution in [2.75, 3.05) is 33.2 Å². The van der Waals surface area contributed by atoms with E-state index in [4.69, 9.17) is 21.1 Å². The van der Waals surface area contributed by atoms with Crippen LogP contribution in [0.25, 0.3) is 0 Å². The quantitative estimate of drug-likeness (QED) is 0.705. The fourth-order valence-corrected chi connectivity index (χ4v) is 1.66. The van der Waals surface area contributed by atoms with Gasteiger partial charge in [0.05, 0.1) is 13.1 Å². The van der Waals surface area contributed by atoms with E-state index in [0.717, 1.165) is 0 Å². The van der Waals surface area contributed by atoms with Gasteiger partial charge in [0, 0.05) is 14.2 Å². The van der Waals surface area contributed by atoms with Crippen LogP contribution in [0, 0.1) is 0 Å². The molecule has 6 nitrogen and oxygen atoms in total. The minimum Gasteiger partial charge on any atom is -0.377 e. The van der Waals surface area contributed by atoms with Crippen molar-refractivity contribution in [3.63, 3.8) is 0 Å². The van der Waals surface area contributed by atoms with Crippen molar-refractivity contribution in [3.05, 3.63) is 0 Å². The Morgan fingerprint density at radius 2 is 1.81 bits per heavy atom. The van der Waals surface area contributed by atoms with Crippen LogP contribution in [0.2, 0.25) is 0 Å². The molecule has 2 unspecified atom stereocenters. The Balaban J connectivity index is 2.50. The molecule has 1 saturated heterocycles. The van der Waals surface area contributed by atoms with Gasteiger partial charge in [0.15, 0.2) is 0 Å². The van der Waals surface area contributed by atoms with Gasteiger partial charge < -0.3 is 14.4 Å². The Hall–Kier alpha value is -0.850. The maximum absolute atomic E-state index is 11.6. The lowest BCUT2D eigenvalue weighted by atomic mass is 10.3. The lowest BCUT2D eigenvalue weighted by molar-refractivity contribution is -0.117. The van der Waals surface area contributed by atoms with Gasteiger partial charge in [-0.15, -0.1) is 11.6 Å². The zero-order chi connectivity index (χ0) is 12.1. The Bertz CT molecular complexity index is 262. The fraction of sp³-hybridized carbons (Fsp3) is 0.778. The van der Waals surface area contributed by atoms with Crippen molar-refractivity contribution in [1.29, 1.82) is 0 Å². The molecule has 92 valence electrons. The predicted molar refractivity (Wildman–Crippen MR) is 57.4 cm³/mol. The first-order valence-electron chi connectivity index (χ1n) is 4.82. The number of carbonyl (C=O) groups excluding carboxylic acids is 2. The third-order valence-electron chi connectivity index (χ3n) is 2.48. The summed E-state index contributed by atoms with van der Waals surface area (Å²) < 4.78 is 10.3. The molecule has 1 rings (SSSR count). The summed E-state index contributed by atoms with van der Waals surface area (Å²) in [4.78, 5) is 24.0. The molecule has 1 aliphatic rings. The third-order valence-corrected chi connectivity index (χ3v) is 2.72. The Kier molecular flexibility index (Phi) is 4.98. The van der Waals surface area contributed by atoms with E-state index in [1.807, 2.05) is 0 Å². The average molecular weight is 251 g/mol. The van der Waals surface area contributed by atoms with Gasteiger partial charge in [-0.25, -0.2) is 4.79 Å². The van der Waals surface area contributed by atoms with Crippen molar-refractivity contribution in [2.45, 2.75) is 12.2 Å². The molecule has 1 heterocycles. The third kappa shape index (κ3) is 3.07. The zero-order valence-corrected chi connectivity index (χ0v) is 9.99. The molecule has 0 aliphatic carbocycles. The van der Waals surface area contributed by atoms with Crippen LogP contribution in [-0.4, -0.2) is 62.2 Å². The van der Waals surface area contributed by atoms with Gasteiger partial charge in [0.25, 0.3) is 0 Å². The SMILES string of the molecule is COC1CN(C(=O)NC(=O)CCl)CC1OC. The largest absolute Gasteiger partial charge is 0.377 e. The highest BCUT2D eigenvalue weighted by Crippen LogP contribution is 2.15. The first-order chi connectivity index (χ1) is 7.62. The molecule has 2 atom stereocenters. The molecular weight excluding hydrogens is 236 g/mol. The summed E-state index contributed by atoms with van der Waals surface area (Å²) in [5, 5.41) is 2.17. The van der Waals surface area contributed by atoms with Crippen LogP contribution in [-0.2, 0) is 14.3 Å². The number of ether oxygens (including phenoxy) is 2. The maximum Gasteiger partial charge on any atom is 0.324 e. The Morgan fingerprint density at radius 3 is 2.19 bits per heavy atom. The summed E-state index contributed by atoms with van der Waals surface area (Å²) in [7, 11) is 3.12. The number of urea groups is 1. The van der Waals surface area contributed by atoms with Crippen LogP contribution in [0.15, 0.2) is 0 Å². The molecule has 0 radical (unpaired) electrons. The van der Waals surface area contributed by atoms with Gasteiger partial charge in [0.2, 0.25) is 5.91 Å². The molecular formula is C9H15ClN2O4. The van der Waals surface area contributed by atoms with Crippen LogP contribution in [0.4, 0.5) is 4.79 Å². The summed E-state index contributed by atoms with van der Waals surface area (Å²) in [6.07, 6.45) is -0.330. The Labute approximate surface area is 98.8 Å². The number of carbonyl (C=O) groups is 2.